The Labute approximate surface area is 114 Å². The lowest BCUT2D eigenvalue weighted by Crippen LogP contribution is -2.32. The number of carbonyl (C=O) groups is 2. The van der Waals surface area contributed by atoms with Gasteiger partial charge in [0.25, 0.3) is 11.8 Å². The first-order valence-corrected chi connectivity index (χ1v) is 5.84. The molecule has 0 aromatic heterocycles. The van der Waals surface area contributed by atoms with Crippen molar-refractivity contribution >= 4 is 11.8 Å². The average molecular weight is 280 g/mol. The second kappa shape index (κ2) is 5.70. The average Bonchev–Trinajstić information content (AvgIpc) is 2.77. The molecule has 20 heavy (non-hydrogen) atoms. The fraction of sp³-hybridized carbons (Fsp3) is 0.231. The van der Waals surface area contributed by atoms with Gasteiger partial charge in [0.15, 0.2) is 5.76 Å². The van der Waals surface area contributed by atoms with Crippen molar-refractivity contribution in [2.24, 2.45) is 0 Å². The van der Waals surface area contributed by atoms with Gasteiger partial charge in [0.2, 0.25) is 0 Å². The number of benzene rings is 1. The Bertz CT molecular complexity index is 585. The van der Waals surface area contributed by atoms with Gasteiger partial charge in [-0.15, -0.1) is 0 Å². The number of nitrogens with zero attached hydrogens (tertiary/aromatic N) is 1. The quantitative estimate of drug-likeness (QED) is 0.794. The summed E-state index contributed by atoms with van der Waals surface area (Å²) in [6, 6.07) is 5.95. The van der Waals surface area contributed by atoms with Crippen molar-refractivity contribution in [3.63, 3.8) is 0 Å². The van der Waals surface area contributed by atoms with Crippen LogP contribution in [0.5, 0.6) is 0 Å². The van der Waals surface area contributed by atoms with E-state index in [2.05, 4.69) is 5.32 Å². The maximum Gasteiger partial charge on any atom is 0.286 e. The topological polar surface area (TPSA) is 78.9 Å². The Balaban J connectivity index is 2.19. The third-order valence-corrected chi connectivity index (χ3v) is 2.90. The Hall–Kier alpha value is -2.41. The van der Waals surface area contributed by atoms with Gasteiger partial charge in [0.1, 0.15) is 5.82 Å². The number of aliphatic hydroxyl groups is 1. The van der Waals surface area contributed by atoms with Crippen molar-refractivity contribution in [1.82, 2.24) is 10.4 Å². The van der Waals surface area contributed by atoms with Gasteiger partial charge in [-0.1, -0.05) is 18.2 Å². The van der Waals surface area contributed by atoms with E-state index >= 15 is 0 Å². The Morgan fingerprint density at radius 1 is 1.50 bits per heavy atom. The van der Waals surface area contributed by atoms with E-state index in [1.807, 2.05) is 0 Å². The highest BCUT2D eigenvalue weighted by atomic mass is 19.1. The molecule has 0 unspecified atom stereocenters. The van der Waals surface area contributed by atoms with E-state index in [4.69, 9.17) is 4.84 Å². The van der Waals surface area contributed by atoms with Crippen molar-refractivity contribution in [2.75, 3.05) is 13.7 Å². The monoisotopic (exact) mass is 280 g/mol. The van der Waals surface area contributed by atoms with Crippen LogP contribution in [0.2, 0.25) is 0 Å². The molecule has 1 aliphatic rings. The standard InChI is InChI=1S/C13H13FN2O4/c1-20-16(7-8-4-2-3-5-10(8)14)13(19)9-6-15-12(18)11(9)17/h2-5,17H,6-7H2,1H3,(H,15,18). The van der Waals surface area contributed by atoms with E-state index in [0.29, 0.717) is 0 Å². The highest BCUT2D eigenvalue weighted by molar-refractivity contribution is 6.06. The van der Waals surface area contributed by atoms with Crippen molar-refractivity contribution in [2.45, 2.75) is 6.54 Å². The minimum absolute atomic E-state index is 0.0827. The first-order valence-electron chi connectivity index (χ1n) is 5.84. The summed E-state index contributed by atoms with van der Waals surface area (Å²) in [5.74, 6) is -2.51. The first-order chi connectivity index (χ1) is 9.54. The summed E-state index contributed by atoms with van der Waals surface area (Å²) in [4.78, 5) is 28.1. The summed E-state index contributed by atoms with van der Waals surface area (Å²) in [7, 11) is 1.25. The van der Waals surface area contributed by atoms with Gasteiger partial charge in [0, 0.05) is 5.56 Å². The number of hydrogen-bond donors (Lipinski definition) is 2. The number of aliphatic hydroxyl groups excluding tert-OH is 1. The maximum absolute atomic E-state index is 13.5. The molecule has 0 spiro atoms. The summed E-state index contributed by atoms with van der Waals surface area (Å²) < 4.78 is 13.5. The van der Waals surface area contributed by atoms with E-state index in [9.17, 15) is 19.1 Å². The van der Waals surface area contributed by atoms with Crippen molar-refractivity contribution < 1.29 is 23.9 Å². The lowest BCUT2D eigenvalue weighted by Gasteiger charge is -2.20. The molecular weight excluding hydrogens is 267 g/mol. The summed E-state index contributed by atoms with van der Waals surface area (Å²) in [5, 5.41) is 12.7. The molecule has 6 nitrogen and oxygen atoms in total. The second-order valence-electron chi connectivity index (χ2n) is 4.13. The smallest absolute Gasteiger partial charge is 0.286 e. The van der Waals surface area contributed by atoms with Crippen molar-refractivity contribution in [1.29, 1.82) is 0 Å². The van der Waals surface area contributed by atoms with Crippen molar-refractivity contribution in [3.05, 3.63) is 47.0 Å². The van der Waals surface area contributed by atoms with Crippen LogP contribution in [0.4, 0.5) is 4.39 Å². The normalized spacial score (nSPS) is 14.4. The van der Waals surface area contributed by atoms with Gasteiger partial charge in [-0.3, -0.25) is 14.4 Å². The SMILES string of the molecule is CON(Cc1ccccc1F)C(=O)C1=C(O)C(=O)NC1. The number of halogens is 1. The molecule has 2 rings (SSSR count). The molecule has 0 radical (unpaired) electrons. The van der Waals surface area contributed by atoms with Crippen LogP contribution in [0, 0.1) is 5.82 Å². The van der Waals surface area contributed by atoms with Crippen LogP contribution in [0.3, 0.4) is 0 Å². The Kier molecular flexibility index (Phi) is 3.99. The molecule has 106 valence electrons. The molecule has 1 aromatic rings. The lowest BCUT2D eigenvalue weighted by molar-refractivity contribution is -0.175. The zero-order valence-corrected chi connectivity index (χ0v) is 10.7. The molecule has 0 fully saturated rings. The molecular formula is C13H13FN2O4. The zero-order valence-electron chi connectivity index (χ0n) is 10.7. The number of amides is 2. The van der Waals surface area contributed by atoms with Crippen LogP contribution in [0.15, 0.2) is 35.6 Å². The van der Waals surface area contributed by atoms with Crippen molar-refractivity contribution in [3.8, 4) is 0 Å². The fourth-order valence-corrected chi connectivity index (χ4v) is 1.80. The van der Waals surface area contributed by atoms with Crippen LogP contribution in [-0.4, -0.2) is 35.6 Å². The maximum atomic E-state index is 13.5. The predicted molar refractivity (Wildman–Crippen MR) is 66.6 cm³/mol. The predicted octanol–water partition coefficient (Wildman–Crippen LogP) is 0.658. The molecule has 0 aliphatic carbocycles. The molecule has 1 aromatic carbocycles. The summed E-state index contributed by atoms with van der Waals surface area (Å²) >= 11 is 0. The van der Waals surface area contributed by atoms with E-state index in [0.717, 1.165) is 5.06 Å². The van der Waals surface area contributed by atoms with Crippen LogP contribution in [0.1, 0.15) is 5.56 Å². The van der Waals surface area contributed by atoms with Gasteiger partial charge >= 0.3 is 0 Å². The Morgan fingerprint density at radius 2 is 2.20 bits per heavy atom. The molecule has 0 bridgehead atoms. The largest absolute Gasteiger partial charge is 0.503 e. The van der Waals surface area contributed by atoms with Gasteiger partial charge in [-0.05, 0) is 6.07 Å². The molecule has 7 heteroatoms. The van der Waals surface area contributed by atoms with Gasteiger partial charge in [-0.2, -0.15) is 0 Å². The number of hydroxylamine groups is 2. The zero-order chi connectivity index (χ0) is 14.7. The molecule has 2 N–H and O–H groups in total. The number of hydrogen-bond acceptors (Lipinski definition) is 4. The number of carbonyl (C=O) groups excluding carboxylic acids is 2. The summed E-state index contributed by atoms with van der Waals surface area (Å²) in [6.07, 6.45) is 0. The van der Waals surface area contributed by atoms with E-state index in [-0.39, 0.29) is 24.2 Å². The van der Waals surface area contributed by atoms with Crippen LogP contribution < -0.4 is 5.32 Å². The highest BCUT2D eigenvalue weighted by Gasteiger charge is 2.30. The second-order valence-corrected chi connectivity index (χ2v) is 4.13. The lowest BCUT2D eigenvalue weighted by atomic mass is 10.2. The van der Waals surface area contributed by atoms with Gasteiger partial charge < -0.3 is 10.4 Å². The molecule has 2 amide bonds. The minimum Gasteiger partial charge on any atom is -0.503 e. The summed E-state index contributed by atoms with van der Waals surface area (Å²) in [5.41, 5.74) is 0.160. The van der Waals surface area contributed by atoms with Crippen LogP contribution in [-0.2, 0) is 21.0 Å². The first kappa shape index (κ1) is 14.0. The van der Waals surface area contributed by atoms with Crippen LogP contribution >= 0.6 is 0 Å². The molecule has 0 saturated carbocycles. The Morgan fingerprint density at radius 3 is 2.75 bits per heavy atom. The van der Waals surface area contributed by atoms with E-state index in [1.165, 1.54) is 25.3 Å². The summed E-state index contributed by atoms with van der Waals surface area (Å²) in [6.45, 7) is -0.215. The third kappa shape index (κ3) is 2.62. The third-order valence-electron chi connectivity index (χ3n) is 2.90. The minimum atomic E-state index is -0.713. The number of nitrogens with one attached hydrogen (secondary N) is 1. The highest BCUT2D eigenvalue weighted by Crippen LogP contribution is 2.16. The molecule has 0 atom stereocenters. The molecule has 1 aliphatic heterocycles. The molecule has 0 saturated heterocycles. The fourth-order valence-electron chi connectivity index (χ4n) is 1.80. The van der Waals surface area contributed by atoms with Gasteiger partial charge in [-0.25, -0.2) is 9.45 Å². The molecule has 1 heterocycles. The van der Waals surface area contributed by atoms with Gasteiger partial charge in [0.05, 0.1) is 25.8 Å². The van der Waals surface area contributed by atoms with E-state index in [1.54, 1.807) is 6.07 Å². The van der Waals surface area contributed by atoms with Crippen LogP contribution in [0.25, 0.3) is 0 Å². The number of rotatable bonds is 4. The van der Waals surface area contributed by atoms with E-state index < -0.39 is 23.4 Å².